The van der Waals surface area contributed by atoms with Crippen LogP contribution < -0.4 is 0 Å². The van der Waals surface area contributed by atoms with Crippen LogP contribution in [0, 0.1) is 11.8 Å². The van der Waals surface area contributed by atoms with Gasteiger partial charge in [0.1, 0.15) is 5.60 Å². The SMILES string of the molecule is C[C@@H]1C(=O)O[C@]1(C)C1CCCCC1. The fraction of sp³-hybridized carbons (Fsp3) is 0.909. The molecule has 1 saturated heterocycles. The van der Waals surface area contributed by atoms with Crippen LogP contribution in [-0.4, -0.2) is 11.6 Å². The topological polar surface area (TPSA) is 26.3 Å². The Hall–Kier alpha value is -0.530. The van der Waals surface area contributed by atoms with E-state index in [9.17, 15) is 4.79 Å². The van der Waals surface area contributed by atoms with E-state index in [0.717, 1.165) is 0 Å². The quantitative estimate of drug-likeness (QED) is 0.582. The molecule has 0 unspecified atom stereocenters. The van der Waals surface area contributed by atoms with Gasteiger partial charge in [0.25, 0.3) is 0 Å². The molecule has 2 atom stereocenters. The van der Waals surface area contributed by atoms with Crippen LogP contribution in [0.3, 0.4) is 0 Å². The van der Waals surface area contributed by atoms with Crippen LogP contribution in [-0.2, 0) is 9.53 Å². The Morgan fingerprint density at radius 1 is 1.31 bits per heavy atom. The number of ether oxygens (including phenoxy) is 1. The summed E-state index contributed by atoms with van der Waals surface area (Å²) in [7, 11) is 0. The Balaban J connectivity index is 2.02. The van der Waals surface area contributed by atoms with Crippen molar-refractivity contribution in [3.63, 3.8) is 0 Å². The standard InChI is InChI=1S/C11H18O2/c1-8-10(12)13-11(8,2)9-6-4-3-5-7-9/h8-9H,3-7H2,1-2H3/t8-,11+/m1/s1. The van der Waals surface area contributed by atoms with E-state index < -0.39 is 0 Å². The van der Waals surface area contributed by atoms with Gasteiger partial charge in [0.05, 0.1) is 5.92 Å². The normalized spacial score (nSPS) is 41.1. The fourth-order valence-corrected chi connectivity index (χ4v) is 2.68. The summed E-state index contributed by atoms with van der Waals surface area (Å²) in [6.07, 6.45) is 6.46. The molecule has 0 spiro atoms. The Kier molecular flexibility index (Phi) is 2.09. The maximum atomic E-state index is 11.1. The first kappa shape index (κ1) is 9.04. The maximum absolute atomic E-state index is 11.1. The minimum Gasteiger partial charge on any atom is -0.458 e. The van der Waals surface area contributed by atoms with Gasteiger partial charge in [0, 0.05) is 0 Å². The molecule has 2 rings (SSSR count). The highest BCUT2D eigenvalue weighted by molar-refractivity contribution is 5.79. The molecule has 0 radical (unpaired) electrons. The maximum Gasteiger partial charge on any atom is 0.313 e. The molecule has 74 valence electrons. The summed E-state index contributed by atoms with van der Waals surface area (Å²) in [5, 5.41) is 0. The van der Waals surface area contributed by atoms with Gasteiger partial charge in [-0.15, -0.1) is 0 Å². The highest BCUT2D eigenvalue weighted by Crippen LogP contribution is 2.45. The highest BCUT2D eigenvalue weighted by Gasteiger charge is 2.54. The number of cyclic esters (lactones) is 1. The molecule has 1 aliphatic carbocycles. The van der Waals surface area contributed by atoms with Crippen molar-refractivity contribution in [2.75, 3.05) is 0 Å². The fourth-order valence-electron chi connectivity index (χ4n) is 2.68. The highest BCUT2D eigenvalue weighted by atomic mass is 16.6. The van der Waals surface area contributed by atoms with Gasteiger partial charge in [0.15, 0.2) is 0 Å². The molecule has 1 saturated carbocycles. The third-order valence-electron chi connectivity index (χ3n) is 3.95. The van der Waals surface area contributed by atoms with Gasteiger partial charge in [-0.1, -0.05) is 19.3 Å². The Morgan fingerprint density at radius 2 is 1.92 bits per heavy atom. The zero-order chi connectivity index (χ0) is 9.47. The van der Waals surface area contributed by atoms with Crippen molar-refractivity contribution >= 4 is 5.97 Å². The smallest absolute Gasteiger partial charge is 0.313 e. The third kappa shape index (κ3) is 1.27. The molecular weight excluding hydrogens is 164 g/mol. The Morgan fingerprint density at radius 3 is 2.38 bits per heavy atom. The van der Waals surface area contributed by atoms with E-state index in [4.69, 9.17) is 4.74 Å². The summed E-state index contributed by atoms with van der Waals surface area (Å²) in [5.74, 6) is 0.734. The Bertz CT molecular complexity index is 218. The molecule has 1 heterocycles. The zero-order valence-electron chi connectivity index (χ0n) is 8.51. The molecule has 0 bridgehead atoms. The van der Waals surface area contributed by atoms with Gasteiger partial charge in [-0.2, -0.15) is 0 Å². The van der Waals surface area contributed by atoms with Crippen molar-refractivity contribution < 1.29 is 9.53 Å². The molecule has 0 N–H and O–H groups in total. The monoisotopic (exact) mass is 182 g/mol. The molecule has 2 nitrogen and oxygen atoms in total. The Labute approximate surface area is 79.7 Å². The molecule has 2 aliphatic rings. The summed E-state index contributed by atoms with van der Waals surface area (Å²) in [6.45, 7) is 4.11. The van der Waals surface area contributed by atoms with Crippen LogP contribution in [0.1, 0.15) is 46.0 Å². The van der Waals surface area contributed by atoms with Gasteiger partial charge in [0.2, 0.25) is 0 Å². The number of carbonyl (C=O) groups is 1. The lowest BCUT2D eigenvalue weighted by Gasteiger charge is -2.49. The molecule has 2 heteroatoms. The molecule has 0 aromatic rings. The first-order chi connectivity index (χ1) is 6.14. The minimum absolute atomic E-state index is 0.00641. The van der Waals surface area contributed by atoms with Gasteiger partial charge in [-0.25, -0.2) is 0 Å². The van der Waals surface area contributed by atoms with Gasteiger partial charge < -0.3 is 4.74 Å². The average molecular weight is 182 g/mol. The van der Waals surface area contributed by atoms with E-state index >= 15 is 0 Å². The van der Waals surface area contributed by atoms with Crippen molar-refractivity contribution in [2.24, 2.45) is 11.8 Å². The molecular formula is C11H18O2. The van der Waals surface area contributed by atoms with Crippen molar-refractivity contribution in [2.45, 2.75) is 51.6 Å². The number of carbonyl (C=O) groups excluding carboxylic acids is 1. The third-order valence-corrected chi connectivity index (χ3v) is 3.95. The van der Waals surface area contributed by atoms with Gasteiger partial charge in [-0.3, -0.25) is 4.79 Å². The van der Waals surface area contributed by atoms with E-state index in [1.54, 1.807) is 0 Å². The summed E-state index contributed by atoms with van der Waals surface area (Å²) in [5.41, 5.74) is -0.127. The number of hydrogen-bond acceptors (Lipinski definition) is 2. The van der Waals surface area contributed by atoms with Crippen LogP contribution in [0.2, 0.25) is 0 Å². The predicted octanol–water partition coefficient (Wildman–Crippen LogP) is 2.52. The summed E-state index contributed by atoms with van der Waals surface area (Å²) < 4.78 is 5.34. The lowest BCUT2D eigenvalue weighted by atomic mass is 9.69. The minimum atomic E-state index is -0.127. The zero-order valence-corrected chi connectivity index (χ0v) is 8.51. The second kappa shape index (κ2) is 3.00. The van der Waals surface area contributed by atoms with E-state index in [0.29, 0.717) is 5.92 Å². The van der Waals surface area contributed by atoms with Crippen molar-refractivity contribution in [3.8, 4) is 0 Å². The number of esters is 1. The van der Waals surface area contributed by atoms with Crippen LogP contribution in [0.25, 0.3) is 0 Å². The van der Waals surface area contributed by atoms with E-state index in [1.807, 2.05) is 6.92 Å². The summed E-state index contributed by atoms with van der Waals surface area (Å²) >= 11 is 0. The first-order valence-electron chi connectivity index (χ1n) is 5.37. The van der Waals surface area contributed by atoms with Crippen LogP contribution in [0.4, 0.5) is 0 Å². The lowest BCUT2D eigenvalue weighted by Crippen LogP contribution is -2.58. The van der Waals surface area contributed by atoms with Crippen molar-refractivity contribution in [1.29, 1.82) is 0 Å². The van der Waals surface area contributed by atoms with Gasteiger partial charge in [-0.05, 0) is 32.6 Å². The van der Waals surface area contributed by atoms with Crippen LogP contribution in [0.5, 0.6) is 0 Å². The van der Waals surface area contributed by atoms with Crippen molar-refractivity contribution in [3.05, 3.63) is 0 Å². The van der Waals surface area contributed by atoms with E-state index in [-0.39, 0.29) is 17.5 Å². The van der Waals surface area contributed by atoms with E-state index in [1.165, 1.54) is 32.1 Å². The molecule has 1 aliphatic heterocycles. The lowest BCUT2D eigenvalue weighted by molar-refractivity contribution is -0.221. The first-order valence-corrected chi connectivity index (χ1v) is 5.37. The van der Waals surface area contributed by atoms with E-state index in [2.05, 4.69) is 6.92 Å². The predicted molar refractivity (Wildman–Crippen MR) is 50.2 cm³/mol. The second-order valence-corrected chi connectivity index (χ2v) is 4.66. The largest absolute Gasteiger partial charge is 0.458 e. The van der Waals surface area contributed by atoms with Crippen LogP contribution in [0.15, 0.2) is 0 Å². The van der Waals surface area contributed by atoms with Crippen LogP contribution >= 0.6 is 0 Å². The molecule has 0 aromatic heterocycles. The second-order valence-electron chi connectivity index (χ2n) is 4.66. The number of rotatable bonds is 1. The summed E-state index contributed by atoms with van der Waals surface area (Å²) in [6, 6.07) is 0. The molecule has 2 fully saturated rings. The van der Waals surface area contributed by atoms with Crippen molar-refractivity contribution in [1.82, 2.24) is 0 Å². The summed E-state index contributed by atoms with van der Waals surface area (Å²) in [4.78, 5) is 11.1. The number of hydrogen-bond donors (Lipinski definition) is 0. The van der Waals surface area contributed by atoms with Gasteiger partial charge >= 0.3 is 5.97 Å². The molecule has 0 aromatic carbocycles. The molecule has 0 amide bonds. The average Bonchev–Trinajstić information content (AvgIpc) is 2.19. The molecule has 13 heavy (non-hydrogen) atoms.